The monoisotopic (exact) mass is 507 g/mol. The van der Waals surface area contributed by atoms with Crippen LogP contribution in [0.3, 0.4) is 0 Å². The molecule has 0 bridgehead atoms. The molecule has 0 aliphatic carbocycles. The van der Waals surface area contributed by atoms with Crippen LogP contribution < -0.4 is 25.1 Å². The molecule has 0 saturated heterocycles. The number of fused-ring (bicyclic) bond motifs is 2. The van der Waals surface area contributed by atoms with E-state index < -0.39 is 5.25 Å². The summed E-state index contributed by atoms with van der Waals surface area (Å²) in [7, 11) is 0. The number of ether oxygens (including phenoxy) is 3. The predicted molar refractivity (Wildman–Crippen MR) is 136 cm³/mol. The average Bonchev–Trinajstić information content (AvgIpc) is 3.56. The number of benzene rings is 2. The van der Waals surface area contributed by atoms with Crippen LogP contribution in [0.25, 0.3) is 10.9 Å². The fraction of sp³-hybridized carbons (Fsp3) is 0.269. The number of nitrogens with zero attached hydrogens (tertiary/aromatic N) is 2. The van der Waals surface area contributed by atoms with Gasteiger partial charge in [0.15, 0.2) is 16.7 Å². The average molecular weight is 508 g/mol. The quantitative estimate of drug-likeness (QED) is 0.257. The number of para-hydroxylation sites is 2. The van der Waals surface area contributed by atoms with Crippen LogP contribution in [0.4, 0.5) is 5.69 Å². The van der Waals surface area contributed by atoms with E-state index in [0.717, 1.165) is 0 Å². The highest BCUT2D eigenvalue weighted by molar-refractivity contribution is 8.00. The molecule has 1 N–H and O–H groups in total. The van der Waals surface area contributed by atoms with Crippen molar-refractivity contribution in [3.05, 3.63) is 70.9 Å². The summed E-state index contributed by atoms with van der Waals surface area (Å²) in [6, 6.07) is 14.2. The summed E-state index contributed by atoms with van der Waals surface area (Å²) in [4.78, 5) is 31.6. The summed E-state index contributed by atoms with van der Waals surface area (Å²) >= 11 is 1.23. The Balaban J connectivity index is 1.50. The van der Waals surface area contributed by atoms with Crippen LogP contribution in [0.2, 0.25) is 0 Å². The highest BCUT2D eigenvalue weighted by Gasteiger charge is 2.25. The second kappa shape index (κ2) is 10.4. The lowest BCUT2D eigenvalue weighted by Gasteiger charge is -2.18. The molecule has 0 spiro atoms. The van der Waals surface area contributed by atoms with E-state index >= 15 is 0 Å². The van der Waals surface area contributed by atoms with Gasteiger partial charge < -0.3 is 23.9 Å². The Morgan fingerprint density at radius 1 is 1.17 bits per heavy atom. The first-order valence-electron chi connectivity index (χ1n) is 11.6. The number of furan rings is 1. The first-order chi connectivity index (χ1) is 17.6. The second-order valence-corrected chi connectivity index (χ2v) is 9.19. The van der Waals surface area contributed by atoms with Gasteiger partial charge in [-0.2, -0.15) is 0 Å². The van der Waals surface area contributed by atoms with Gasteiger partial charge in [-0.25, -0.2) is 4.98 Å². The van der Waals surface area contributed by atoms with Crippen LogP contribution in [-0.4, -0.2) is 34.1 Å². The van der Waals surface area contributed by atoms with E-state index in [9.17, 15) is 9.59 Å². The number of nitrogens with one attached hydrogen (secondary N) is 1. The summed E-state index contributed by atoms with van der Waals surface area (Å²) in [5.41, 5.74) is 0.809. The molecule has 1 amide bonds. The van der Waals surface area contributed by atoms with Crippen molar-refractivity contribution in [1.82, 2.24) is 9.55 Å². The van der Waals surface area contributed by atoms with Gasteiger partial charge in [0.1, 0.15) is 11.5 Å². The normalized spacial score (nSPS) is 13.1. The Bertz CT molecular complexity index is 1450. The van der Waals surface area contributed by atoms with Gasteiger partial charge in [-0.15, -0.1) is 0 Å². The molecule has 2 aromatic carbocycles. The number of carbonyl (C=O) groups is 1. The number of thioether (sulfide) groups is 1. The smallest absolute Gasteiger partial charge is 0.262 e. The number of amides is 1. The lowest BCUT2D eigenvalue weighted by molar-refractivity contribution is -0.115. The molecule has 36 heavy (non-hydrogen) atoms. The van der Waals surface area contributed by atoms with Crippen LogP contribution >= 0.6 is 11.8 Å². The second-order valence-electron chi connectivity index (χ2n) is 8.02. The molecule has 5 rings (SSSR count). The molecule has 1 aliphatic heterocycles. The Labute approximate surface area is 211 Å². The summed E-state index contributed by atoms with van der Waals surface area (Å²) in [5, 5.41) is 3.26. The van der Waals surface area contributed by atoms with Crippen molar-refractivity contribution < 1.29 is 23.4 Å². The zero-order valence-corrected chi connectivity index (χ0v) is 20.7. The Morgan fingerprint density at radius 3 is 2.72 bits per heavy atom. The van der Waals surface area contributed by atoms with E-state index in [1.165, 1.54) is 16.3 Å². The molecule has 9 nitrogen and oxygen atoms in total. The Morgan fingerprint density at radius 2 is 1.97 bits per heavy atom. The van der Waals surface area contributed by atoms with Gasteiger partial charge in [0.2, 0.25) is 12.7 Å². The number of hydrogen-bond acceptors (Lipinski definition) is 8. The van der Waals surface area contributed by atoms with Gasteiger partial charge in [-0.1, -0.05) is 30.8 Å². The number of aromatic nitrogens is 2. The molecular weight excluding hydrogens is 482 g/mol. The Hall–Kier alpha value is -3.92. The van der Waals surface area contributed by atoms with Gasteiger partial charge >= 0.3 is 0 Å². The maximum absolute atomic E-state index is 13.6. The fourth-order valence-corrected chi connectivity index (χ4v) is 4.91. The standard InChI is InChI=1S/C26H25N3O6S/c1-3-23(24(30)27-18-9-5-6-10-20(18)32-4-2)36-26-28-19-13-22-21(34-15-35-22)12-17(19)25(31)29(26)14-16-8-7-11-33-16/h5-13,23H,3-4,14-15H2,1-2H3,(H,27,30)/t23-/m0/s1. The van der Waals surface area contributed by atoms with Crippen LogP contribution in [0.15, 0.2) is 69.2 Å². The van der Waals surface area contributed by atoms with Gasteiger partial charge in [0, 0.05) is 6.07 Å². The number of carbonyl (C=O) groups excluding carboxylic acids is 1. The van der Waals surface area contributed by atoms with E-state index in [4.69, 9.17) is 23.6 Å². The highest BCUT2D eigenvalue weighted by atomic mass is 32.2. The minimum atomic E-state index is -0.513. The number of hydrogen-bond donors (Lipinski definition) is 1. The third-order valence-corrected chi connectivity index (χ3v) is 7.02. The molecule has 2 aromatic heterocycles. The first-order valence-corrected chi connectivity index (χ1v) is 12.5. The molecule has 0 saturated carbocycles. The first kappa shape index (κ1) is 23.8. The van der Waals surface area contributed by atoms with Crippen LogP contribution in [0.5, 0.6) is 17.2 Å². The third kappa shape index (κ3) is 4.76. The maximum atomic E-state index is 13.6. The predicted octanol–water partition coefficient (Wildman–Crippen LogP) is 4.67. The van der Waals surface area contributed by atoms with E-state index in [1.807, 2.05) is 32.0 Å². The minimum Gasteiger partial charge on any atom is -0.492 e. The van der Waals surface area contributed by atoms with Gasteiger partial charge in [0.05, 0.1) is 41.3 Å². The largest absolute Gasteiger partial charge is 0.492 e. The summed E-state index contributed by atoms with van der Waals surface area (Å²) in [6.07, 6.45) is 2.07. The molecular formula is C26H25N3O6S. The maximum Gasteiger partial charge on any atom is 0.262 e. The lowest BCUT2D eigenvalue weighted by Crippen LogP contribution is -2.28. The molecule has 0 fully saturated rings. The molecule has 0 radical (unpaired) electrons. The van der Waals surface area contributed by atoms with Crippen molar-refractivity contribution in [3.63, 3.8) is 0 Å². The highest BCUT2D eigenvalue weighted by Crippen LogP contribution is 2.36. The van der Waals surface area contributed by atoms with E-state index in [2.05, 4.69) is 5.32 Å². The van der Waals surface area contributed by atoms with Crippen LogP contribution in [0, 0.1) is 0 Å². The zero-order valence-electron chi connectivity index (χ0n) is 19.9. The molecule has 186 valence electrons. The van der Waals surface area contributed by atoms with E-state index in [0.29, 0.717) is 57.8 Å². The van der Waals surface area contributed by atoms with Crippen LogP contribution in [-0.2, 0) is 11.3 Å². The molecule has 3 heterocycles. The fourth-order valence-electron chi connectivity index (χ4n) is 3.89. The van der Waals surface area contributed by atoms with E-state index in [1.54, 1.807) is 36.6 Å². The lowest BCUT2D eigenvalue weighted by atomic mass is 10.2. The van der Waals surface area contributed by atoms with Crippen molar-refractivity contribution in [1.29, 1.82) is 0 Å². The van der Waals surface area contributed by atoms with Gasteiger partial charge in [-0.3, -0.25) is 14.2 Å². The van der Waals surface area contributed by atoms with E-state index in [-0.39, 0.29) is 24.8 Å². The number of rotatable bonds is 9. The summed E-state index contributed by atoms with van der Waals surface area (Å²) in [6.45, 7) is 4.56. The molecule has 0 unspecified atom stereocenters. The summed E-state index contributed by atoms with van der Waals surface area (Å²) < 4.78 is 23.6. The van der Waals surface area contributed by atoms with Gasteiger partial charge in [0.25, 0.3) is 5.56 Å². The van der Waals surface area contributed by atoms with Crippen molar-refractivity contribution in [2.45, 2.75) is 37.2 Å². The zero-order chi connectivity index (χ0) is 25.1. The summed E-state index contributed by atoms with van der Waals surface area (Å²) in [5.74, 6) is 2.03. The molecule has 1 aliphatic rings. The minimum absolute atomic E-state index is 0.0924. The van der Waals surface area contributed by atoms with Crippen molar-refractivity contribution >= 4 is 34.3 Å². The molecule has 10 heteroatoms. The van der Waals surface area contributed by atoms with Crippen molar-refractivity contribution in [2.75, 3.05) is 18.7 Å². The van der Waals surface area contributed by atoms with Crippen molar-refractivity contribution in [2.24, 2.45) is 0 Å². The topological polar surface area (TPSA) is 105 Å². The van der Waals surface area contributed by atoms with Gasteiger partial charge in [-0.05, 0) is 43.7 Å². The third-order valence-electron chi connectivity index (χ3n) is 5.66. The number of anilines is 1. The Kier molecular flexibility index (Phi) is 6.86. The SMILES string of the molecule is CCOc1ccccc1NC(=O)[C@H](CC)Sc1nc2cc3c(cc2c(=O)n1Cc1ccco1)OCO3. The molecule has 4 aromatic rings. The van der Waals surface area contributed by atoms with Crippen LogP contribution in [0.1, 0.15) is 26.0 Å². The molecule has 1 atom stereocenters. The van der Waals surface area contributed by atoms with Crippen molar-refractivity contribution in [3.8, 4) is 17.2 Å².